The van der Waals surface area contributed by atoms with Crippen molar-refractivity contribution >= 4 is 24.0 Å². The predicted octanol–water partition coefficient (Wildman–Crippen LogP) is 1.17. The highest BCUT2D eigenvalue weighted by Crippen LogP contribution is 2.25. The molecule has 0 radical (unpaired) electrons. The van der Waals surface area contributed by atoms with Gasteiger partial charge in [-0.3, -0.25) is 4.79 Å². The number of benzene rings is 1. The number of nitrogens with one attached hydrogen (secondary N) is 1. The second-order valence-electron chi connectivity index (χ2n) is 3.23. The summed E-state index contributed by atoms with van der Waals surface area (Å²) in [6.07, 6.45) is 0. The summed E-state index contributed by atoms with van der Waals surface area (Å²) in [5.74, 6) is -0.492. The molecule has 0 saturated carbocycles. The molecule has 0 atom stereocenters. The van der Waals surface area contributed by atoms with Crippen molar-refractivity contribution in [1.29, 1.82) is 0 Å². The van der Waals surface area contributed by atoms with Crippen LogP contribution in [0.5, 0.6) is 5.75 Å². The fourth-order valence-corrected chi connectivity index (χ4v) is 1.16. The zero-order chi connectivity index (χ0) is 12.7. The Bertz CT molecular complexity index is 391. The van der Waals surface area contributed by atoms with Gasteiger partial charge in [0.05, 0.1) is 18.8 Å². The summed E-state index contributed by atoms with van der Waals surface area (Å²) in [6, 6.07) is 3.87. The van der Waals surface area contributed by atoms with Crippen molar-refractivity contribution in [2.75, 3.05) is 32.2 Å². The average molecular weight is 279 g/mol. The molecule has 0 aliphatic rings. The van der Waals surface area contributed by atoms with Crippen LogP contribution in [0.1, 0.15) is 0 Å². The van der Waals surface area contributed by atoms with Crippen molar-refractivity contribution in [3.05, 3.63) is 24.0 Å². The summed E-state index contributed by atoms with van der Waals surface area (Å²) < 4.78 is 23.2. The first-order valence-electron chi connectivity index (χ1n) is 5.08. The molecule has 0 aromatic heterocycles. The number of amides is 1. The highest BCUT2D eigenvalue weighted by atomic mass is 35.5. The fourth-order valence-electron chi connectivity index (χ4n) is 1.16. The molecule has 102 valence electrons. The van der Waals surface area contributed by atoms with Crippen molar-refractivity contribution in [2.45, 2.75) is 0 Å². The van der Waals surface area contributed by atoms with Crippen molar-refractivity contribution in [1.82, 2.24) is 0 Å². The number of hydrogen-bond donors (Lipinski definition) is 2. The first kappa shape index (κ1) is 16.6. The van der Waals surface area contributed by atoms with Gasteiger partial charge >= 0.3 is 0 Å². The van der Waals surface area contributed by atoms with Gasteiger partial charge in [0.2, 0.25) is 5.91 Å². The Morgan fingerprint density at radius 2 is 2.17 bits per heavy atom. The zero-order valence-corrected chi connectivity index (χ0v) is 10.8. The van der Waals surface area contributed by atoms with Crippen LogP contribution in [0.3, 0.4) is 0 Å². The van der Waals surface area contributed by atoms with E-state index in [1.807, 2.05) is 0 Å². The van der Waals surface area contributed by atoms with E-state index in [1.54, 1.807) is 7.11 Å². The van der Waals surface area contributed by atoms with E-state index in [2.05, 4.69) is 5.32 Å². The summed E-state index contributed by atoms with van der Waals surface area (Å²) >= 11 is 0. The first-order chi connectivity index (χ1) is 8.17. The Balaban J connectivity index is 0.00000289. The summed E-state index contributed by atoms with van der Waals surface area (Å²) in [6.45, 7) is 0.545. The molecule has 0 aliphatic heterocycles. The van der Waals surface area contributed by atoms with Gasteiger partial charge in [0, 0.05) is 13.2 Å². The number of anilines is 1. The molecule has 1 aromatic carbocycles. The highest BCUT2D eigenvalue weighted by molar-refractivity contribution is 5.93. The topological polar surface area (TPSA) is 73.6 Å². The number of methoxy groups -OCH3 is 1. The van der Waals surface area contributed by atoms with Crippen molar-refractivity contribution in [3.8, 4) is 5.75 Å². The Morgan fingerprint density at radius 1 is 1.44 bits per heavy atom. The second kappa shape index (κ2) is 8.68. The molecule has 1 rings (SSSR count). The molecule has 18 heavy (non-hydrogen) atoms. The Kier molecular flexibility index (Phi) is 8.02. The lowest BCUT2D eigenvalue weighted by Crippen LogP contribution is -2.22. The summed E-state index contributed by atoms with van der Waals surface area (Å²) in [5, 5.41) is 2.46. The minimum absolute atomic E-state index is 0. The SMILES string of the molecule is COCCOc1ccc(F)cc1NC(=O)CN.Cl. The molecule has 3 N–H and O–H groups in total. The molecule has 0 unspecified atom stereocenters. The van der Waals surface area contributed by atoms with E-state index in [0.717, 1.165) is 0 Å². The van der Waals surface area contributed by atoms with E-state index in [4.69, 9.17) is 15.2 Å². The minimum atomic E-state index is -0.462. The molecule has 1 amide bonds. The third kappa shape index (κ3) is 5.31. The molecular weight excluding hydrogens is 263 g/mol. The van der Waals surface area contributed by atoms with E-state index in [9.17, 15) is 9.18 Å². The smallest absolute Gasteiger partial charge is 0.238 e. The number of carbonyl (C=O) groups is 1. The number of nitrogens with two attached hydrogens (primary N) is 1. The molecule has 0 saturated heterocycles. The van der Waals surface area contributed by atoms with Crippen molar-refractivity contribution in [3.63, 3.8) is 0 Å². The van der Waals surface area contributed by atoms with E-state index < -0.39 is 11.7 Å². The van der Waals surface area contributed by atoms with Crippen LogP contribution >= 0.6 is 12.4 Å². The van der Waals surface area contributed by atoms with Crippen LogP contribution in [-0.4, -0.2) is 32.8 Å². The van der Waals surface area contributed by atoms with Crippen LogP contribution in [-0.2, 0) is 9.53 Å². The van der Waals surface area contributed by atoms with Crippen LogP contribution in [0.15, 0.2) is 18.2 Å². The number of carbonyl (C=O) groups excluding carboxylic acids is 1. The van der Waals surface area contributed by atoms with Gasteiger partial charge < -0.3 is 20.5 Å². The number of halogens is 2. The molecule has 1 aromatic rings. The predicted molar refractivity (Wildman–Crippen MR) is 68.7 cm³/mol. The van der Waals surface area contributed by atoms with Gasteiger partial charge in [0.25, 0.3) is 0 Å². The fraction of sp³-hybridized carbons (Fsp3) is 0.364. The van der Waals surface area contributed by atoms with E-state index in [-0.39, 0.29) is 24.6 Å². The second-order valence-corrected chi connectivity index (χ2v) is 3.23. The number of rotatable bonds is 6. The quantitative estimate of drug-likeness (QED) is 0.766. The standard InChI is InChI=1S/C11H15FN2O3.ClH/c1-16-4-5-17-10-3-2-8(12)6-9(10)14-11(15)7-13;/h2-3,6H,4-5,7,13H2,1H3,(H,14,15);1H. The minimum Gasteiger partial charge on any atom is -0.489 e. The molecule has 0 spiro atoms. The lowest BCUT2D eigenvalue weighted by Gasteiger charge is -2.11. The lowest BCUT2D eigenvalue weighted by molar-refractivity contribution is -0.114. The third-order valence-corrected chi connectivity index (χ3v) is 1.95. The van der Waals surface area contributed by atoms with Gasteiger partial charge in [0.1, 0.15) is 18.2 Å². The average Bonchev–Trinajstić information content (AvgIpc) is 2.32. The van der Waals surface area contributed by atoms with E-state index >= 15 is 0 Å². The zero-order valence-electron chi connectivity index (χ0n) is 9.94. The van der Waals surface area contributed by atoms with E-state index in [0.29, 0.717) is 19.0 Å². The Hall–Kier alpha value is -1.37. The van der Waals surface area contributed by atoms with Gasteiger partial charge in [-0.1, -0.05) is 0 Å². The number of ether oxygens (including phenoxy) is 2. The van der Waals surface area contributed by atoms with Gasteiger partial charge in [-0.15, -0.1) is 12.4 Å². The molecule has 7 heteroatoms. The summed E-state index contributed by atoms with van der Waals surface area (Å²) in [5.41, 5.74) is 5.42. The highest BCUT2D eigenvalue weighted by Gasteiger charge is 2.08. The maximum atomic E-state index is 13.0. The Labute approximate surface area is 111 Å². The largest absolute Gasteiger partial charge is 0.489 e. The van der Waals surface area contributed by atoms with Crippen LogP contribution in [0, 0.1) is 5.82 Å². The van der Waals surface area contributed by atoms with Crippen LogP contribution < -0.4 is 15.8 Å². The maximum Gasteiger partial charge on any atom is 0.238 e. The van der Waals surface area contributed by atoms with Gasteiger partial charge in [-0.2, -0.15) is 0 Å². The molecular formula is C11H16ClFN2O3. The van der Waals surface area contributed by atoms with Crippen LogP contribution in [0.2, 0.25) is 0 Å². The molecule has 0 heterocycles. The van der Waals surface area contributed by atoms with E-state index in [1.165, 1.54) is 18.2 Å². The summed E-state index contributed by atoms with van der Waals surface area (Å²) in [7, 11) is 1.55. The normalized spacial score (nSPS) is 9.50. The first-order valence-corrected chi connectivity index (χ1v) is 5.08. The van der Waals surface area contributed by atoms with Crippen LogP contribution in [0.25, 0.3) is 0 Å². The number of hydrogen-bond acceptors (Lipinski definition) is 4. The van der Waals surface area contributed by atoms with Gasteiger partial charge in [0.15, 0.2) is 0 Å². The Morgan fingerprint density at radius 3 is 2.78 bits per heavy atom. The van der Waals surface area contributed by atoms with Crippen molar-refractivity contribution in [2.24, 2.45) is 5.73 Å². The lowest BCUT2D eigenvalue weighted by atomic mass is 10.2. The van der Waals surface area contributed by atoms with Gasteiger partial charge in [-0.25, -0.2) is 4.39 Å². The third-order valence-electron chi connectivity index (χ3n) is 1.95. The molecule has 0 fully saturated rings. The maximum absolute atomic E-state index is 13.0. The van der Waals surface area contributed by atoms with Crippen LogP contribution in [0.4, 0.5) is 10.1 Å². The van der Waals surface area contributed by atoms with Gasteiger partial charge in [-0.05, 0) is 12.1 Å². The molecule has 5 nitrogen and oxygen atoms in total. The summed E-state index contributed by atoms with van der Waals surface area (Å²) in [4.78, 5) is 11.1. The molecule has 0 bridgehead atoms. The monoisotopic (exact) mass is 278 g/mol. The molecule has 0 aliphatic carbocycles. The van der Waals surface area contributed by atoms with Crippen molar-refractivity contribution < 1.29 is 18.7 Å².